The molecule has 0 radical (unpaired) electrons. The van der Waals surface area contributed by atoms with Crippen LogP contribution in [0, 0.1) is 0 Å². The van der Waals surface area contributed by atoms with Gasteiger partial charge in [-0.05, 0) is 18.2 Å². The number of carbonyl (C=O) groups is 2. The highest BCUT2D eigenvalue weighted by Crippen LogP contribution is 2.17. The minimum Gasteiger partial charge on any atom is -0.360 e. The molecule has 4 N–H and O–H groups in total. The van der Waals surface area contributed by atoms with Gasteiger partial charge in [-0.2, -0.15) is 0 Å². The molecule has 1 heterocycles. The average Bonchev–Trinajstić information content (AvgIpc) is 3.08. The SMILES string of the molecule is O=C(NCCSc1ccccc1)NNC(=O)c1c[nH]c2ccccc12. The molecule has 0 saturated heterocycles. The van der Waals surface area contributed by atoms with Gasteiger partial charge in [-0.1, -0.05) is 36.4 Å². The van der Waals surface area contributed by atoms with Crippen molar-refractivity contribution in [2.75, 3.05) is 12.3 Å². The molecule has 25 heavy (non-hydrogen) atoms. The molecule has 7 heteroatoms. The zero-order valence-corrected chi connectivity index (χ0v) is 14.2. The third-order valence-corrected chi connectivity index (χ3v) is 4.54. The standard InChI is InChI=1S/C18H18N4O2S/c23-17(15-12-20-16-9-5-4-8-14(15)16)21-22-18(24)19-10-11-25-13-6-2-1-3-7-13/h1-9,12,20H,10-11H2,(H,21,23)(H2,19,22,24). The van der Waals surface area contributed by atoms with Gasteiger partial charge in [0.2, 0.25) is 0 Å². The number of benzene rings is 2. The number of para-hydroxylation sites is 1. The van der Waals surface area contributed by atoms with Crippen molar-refractivity contribution in [1.29, 1.82) is 0 Å². The lowest BCUT2D eigenvalue weighted by atomic mass is 10.2. The summed E-state index contributed by atoms with van der Waals surface area (Å²) in [5.41, 5.74) is 6.12. The molecule has 0 fully saturated rings. The summed E-state index contributed by atoms with van der Waals surface area (Å²) in [7, 11) is 0. The lowest BCUT2D eigenvalue weighted by molar-refractivity contribution is 0.0938. The van der Waals surface area contributed by atoms with Crippen molar-refractivity contribution in [3.8, 4) is 0 Å². The Bertz CT molecular complexity index is 864. The van der Waals surface area contributed by atoms with Gasteiger partial charge >= 0.3 is 6.03 Å². The van der Waals surface area contributed by atoms with Crippen LogP contribution in [0.25, 0.3) is 10.9 Å². The molecule has 0 aliphatic heterocycles. The third-order valence-electron chi connectivity index (χ3n) is 3.52. The van der Waals surface area contributed by atoms with Gasteiger partial charge in [0.25, 0.3) is 5.91 Å². The van der Waals surface area contributed by atoms with Crippen LogP contribution in [0.2, 0.25) is 0 Å². The number of carbonyl (C=O) groups excluding carboxylic acids is 2. The van der Waals surface area contributed by atoms with E-state index in [9.17, 15) is 9.59 Å². The first-order chi connectivity index (χ1) is 12.2. The van der Waals surface area contributed by atoms with Crippen LogP contribution in [0.3, 0.4) is 0 Å². The molecular weight excluding hydrogens is 336 g/mol. The van der Waals surface area contributed by atoms with Crippen molar-refractivity contribution in [2.45, 2.75) is 4.90 Å². The van der Waals surface area contributed by atoms with E-state index in [4.69, 9.17) is 0 Å². The fraction of sp³-hybridized carbons (Fsp3) is 0.111. The summed E-state index contributed by atoms with van der Waals surface area (Å²) in [4.78, 5) is 28.1. The number of nitrogens with one attached hydrogen (secondary N) is 4. The lowest BCUT2D eigenvalue weighted by Gasteiger charge is -2.08. The summed E-state index contributed by atoms with van der Waals surface area (Å²) in [5, 5.41) is 3.50. The first kappa shape index (κ1) is 16.9. The van der Waals surface area contributed by atoms with Crippen molar-refractivity contribution < 1.29 is 9.59 Å². The second kappa shape index (κ2) is 8.25. The van der Waals surface area contributed by atoms with Gasteiger partial charge in [0.15, 0.2) is 0 Å². The van der Waals surface area contributed by atoms with Gasteiger partial charge in [0.05, 0.1) is 5.56 Å². The molecule has 1 aromatic heterocycles. The number of thioether (sulfide) groups is 1. The minimum atomic E-state index is -0.443. The highest BCUT2D eigenvalue weighted by atomic mass is 32.2. The van der Waals surface area contributed by atoms with Gasteiger partial charge < -0.3 is 10.3 Å². The summed E-state index contributed by atoms with van der Waals surface area (Å²) in [6, 6.07) is 17.0. The second-order valence-corrected chi connectivity index (χ2v) is 6.41. The molecule has 0 spiro atoms. The molecule has 128 valence electrons. The van der Waals surface area contributed by atoms with Crippen molar-refractivity contribution in [3.05, 3.63) is 66.4 Å². The van der Waals surface area contributed by atoms with Crippen molar-refractivity contribution in [1.82, 2.24) is 21.2 Å². The maximum absolute atomic E-state index is 12.2. The summed E-state index contributed by atoms with van der Waals surface area (Å²) in [5.74, 6) is 0.375. The number of fused-ring (bicyclic) bond motifs is 1. The van der Waals surface area contributed by atoms with Crippen LogP contribution in [-0.4, -0.2) is 29.2 Å². The van der Waals surface area contributed by atoms with Gasteiger partial charge in [-0.3, -0.25) is 10.2 Å². The van der Waals surface area contributed by atoms with Crippen LogP contribution >= 0.6 is 11.8 Å². The largest absolute Gasteiger partial charge is 0.360 e. The van der Waals surface area contributed by atoms with Crippen molar-refractivity contribution in [3.63, 3.8) is 0 Å². The summed E-state index contributed by atoms with van der Waals surface area (Å²) >= 11 is 1.65. The second-order valence-electron chi connectivity index (χ2n) is 5.24. The fourth-order valence-corrected chi connectivity index (χ4v) is 3.12. The predicted octanol–water partition coefficient (Wildman–Crippen LogP) is 2.90. The fourth-order valence-electron chi connectivity index (χ4n) is 2.33. The predicted molar refractivity (Wildman–Crippen MR) is 99.5 cm³/mol. The molecule has 0 aliphatic carbocycles. The van der Waals surface area contributed by atoms with Gasteiger partial charge in [-0.15, -0.1) is 11.8 Å². The van der Waals surface area contributed by atoms with Crippen LogP contribution in [0.4, 0.5) is 4.79 Å². The first-order valence-electron chi connectivity index (χ1n) is 7.82. The quantitative estimate of drug-likeness (QED) is 0.323. The van der Waals surface area contributed by atoms with Crippen LogP contribution < -0.4 is 16.2 Å². The highest BCUT2D eigenvalue weighted by molar-refractivity contribution is 7.99. The normalized spacial score (nSPS) is 10.4. The Balaban J connectivity index is 1.40. The van der Waals surface area contributed by atoms with Crippen LogP contribution in [-0.2, 0) is 0 Å². The topological polar surface area (TPSA) is 86.0 Å². The summed E-state index contributed by atoms with van der Waals surface area (Å²) in [6.45, 7) is 0.494. The Kier molecular flexibility index (Phi) is 5.58. The molecule has 0 aliphatic rings. The minimum absolute atomic E-state index is 0.369. The number of hydrazine groups is 1. The van der Waals surface area contributed by atoms with E-state index in [1.54, 1.807) is 18.0 Å². The Morgan fingerprint density at radius 3 is 2.56 bits per heavy atom. The third kappa shape index (κ3) is 4.54. The molecule has 0 unspecified atom stereocenters. The molecule has 3 amide bonds. The van der Waals surface area contributed by atoms with E-state index in [1.165, 1.54) is 0 Å². The number of rotatable bonds is 5. The highest BCUT2D eigenvalue weighted by Gasteiger charge is 2.12. The molecular formula is C18H18N4O2S. The van der Waals surface area contributed by atoms with Crippen LogP contribution in [0.1, 0.15) is 10.4 Å². The zero-order valence-electron chi connectivity index (χ0n) is 13.4. The van der Waals surface area contributed by atoms with Crippen molar-refractivity contribution in [2.24, 2.45) is 0 Å². The maximum atomic E-state index is 12.2. The van der Waals surface area contributed by atoms with E-state index in [-0.39, 0.29) is 5.91 Å². The van der Waals surface area contributed by atoms with Gasteiger partial charge in [0.1, 0.15) is 0 Å². The molecule has 3 aromatic rings. The molecule has 0 bridgehead atoms. The number of amides is 3. The molecule has 6 nitrogen and oxygen atoms in total. The number of urea groups is 1. The first-order valence-corrected chi connectivity index (χ1v) is 8.81. The zero-order chi connectivity index (χ0) is 17.5. The van der Waals surface area contributed by atoms with Gasteiger partial charge in [0, 0.05) is 34.3 Å². The Morgan fingerprint density at radius 1 is 0.960 bits per heavy atom. The number of hydrogen-bond acceptors (Lipinski definition) is 3. The molecule has 3 rings (SSSR count). The monoisotopic (exact) mass is 354 g/mol. The smallest absolute Gasteiger partial charge is 0.333 e. The number of aromatic nitrogens is 1. The summed E-state index contributed by atoms with van der Waals surface area (Å²) < 4.78 is 0. The number of hydrogen-bond donors (Lipinski definition) is 4. The van der Waals surface area contributed by atoms with E-state index in [1.807, 2.05) is 54.6 Å². The van der Waals surface area contributed by atoms with E-state index >= 15 is 0 Å². The Hall–Kier alpha value is -2.93. The number of H-pyrrole nitrogens is 1. The Labute approximate surface area is 149 Å². The van der Waals surface area contributed by atoms with Crippen molar-refractivity contribution >= 4 is 34.6 Å². The molecule has 2 aromatic carbocycles. The van der Waals surface area contributed by atoms with Gasteiger partial charge in [-0.25, -0.2) is 10.2 Å². The molecule has 0 saturated carbocycles. The lowest BCUT2D eigenvalue weighted by Crippen LogP contribution is -2.47. The van der Waals surface area contributed by atoms with E-state index < -0.39 is 6.03 Å². The Morgan fingerprint density at radius 2 is 1.72 bits per heavy atom. The van der Waals surface area contributed by atoms with Crippen LogP contribution in [0.5, 0.6) is 0 Å². The van der Waals surface area contributed by atoms with E-state index in [0.29, 0.717) is 12.1 Å². The van der Waals surface area contributed by atoms with Crippen LogP contribution in [0.15, 0.2) is 65.7 Å². The molecule has 0 atom stereocenters. The number of aromatic amines is 1. The maximum Gasteiger partial charge on any atom is 0.333 e. The van der Waals surface area contributed by atoms with E-state index in [0.717, 1.165) is 21.6 Å². The average molecular weight is 354 g/mol. The van der Waals surface area contributed by atoms with E-state index in [2.05, 4.69) is 21.2 Å². The summed E-state index contributed by atoms with van der Waals surface area (Å²) in [6.07, 6.45) is 1.62.